The predicted molar refractivity (Wildman–Crippen MR) is 254 cm³/mol. The van der Waals surface area contributed by atoms with Gasteiger partial charge >= 0.3 is 0 Å². The minimum absolute atomic E-state index is 0.145. The molecule has 6 aromatic rings. The van der Waals surface area contributed by atoms with Crippen molar-refractivity contribution in [1.29, 1.82) is 0 Å². The van der Waals surface area contributed by atoms with Crippen LogP contribution < -0.4 is 0 Å². The number of hydrogen-bond acceptors (Lipinski definition) is 10. The Bertz CT molecular complexity index is 2310. The Labute approximate surface area is 394 Å². The van der Waals surface area contributed by atoms with Crippen molar-refractivity contribution in [3.8, 4) is 0 Å². The lowest BCUT2D eigenvalue weighted by Gasteiger charge is -2.39. The summed E-state index contributed by atoms with van der Waals surface area (Å²) in [5.74, 6) is -1.52. The lowest BCUT2D eigenvalue weighted by Crippen LogP contribution is -2.50. The van der Waals surface area contributed by atoms with Crippen LogP contribution in [0, 0.1) is 0 Å². The highest BCUT2D eigenvalue weighted by molar-refractivity contribution is 5.49. The van der Waals surface area contributed by atoms with Crippen molar-refractivity contribution in [2.24, 2.45) is 0 Å². The quantitative estimate of drug-likeness (QED) is 0.113. The second kappa shape index (κ2) is 18.8. The van der Waals surface area contributed by atoms with Gasteiger partial charge in [-0.2, -0.15) is 0 Å². The van der Waals surface area contributed by atoms with E-state index in [1.54, 1.807) is 14.0 Å². The van der Waals surface area contributed by atoms with Gasteiger partial charge in [-0.3, -0.25) is 0 Å². The van der Waals surface area contributed by atoms with E-state index in [9.17, 15) is 5.11 Å². The summed E-state index contributed by atoms with van der Waals surface area (Å²) < 4.78 is 56.2. The van der Waals surface area contributed by atoms with Crippen LogP contribution in [0.4, 0.5) is 0 Å². The van der Waals surface area contributed by atoms with Crippen LogP contribution in [0.5, 0.6) is 0 Å². The van der Waals surface area contributed by atoms with Crippen molar-refractivity contribution in [3.63, 3.8) is 0 Å². The van der Waals surface area contributed by atoms with Gasteiger partial charge < -0.3 is 47.7 Å². The van der Waals surface area contributed by atoms with E-state index in [1.165, 1.54) is 0 Å². The molecule has 10 heteroatoms. The SMILES string of the molecule is CC1(C)O[C@H]2O[C@H](COC(c3ccccc3)(c3ccccc3)c3ccccc3)[C@@](C)(O)[C@H]2O1.CO[C@]1(C)[C@@H](COC(c2ccccc2)(c2ccccc2)c2ccccc2)O[C@@H]2OC(C)(C)O[C@@H]21. The van der Waals surface area contributed by atoms with E-state index in [0.717, 1.165) is 33.4 Å². The molecule has 4 heterocycles. The molecule has 4 aliphatic rings. The molecule has 0 aliphatic carbocycles. The Morgan fingerprint density at radius 1 is 0.418 bits per heavy atom. The van der Waals surface area contributed by atoms with Crippen LogP contribution in [-0.2, 0) is 53.8 Å². The van der Waals surface area contributed by atoms with Gasteiger partial charge in [0.2, 0.25) is 0 Å². The van der Waals surface area contributed by atoms with Crippen LogP contribution in [0.2, 0.25) is 0 Å². The van der Waals surface area contributed by atoms with Crippen LogP contribution in [0.25, 0.3) is 0 Å². The first kappa shape index (κ1) is 47.0. The normalized spacial score (nSPS) is 28.3. The molecule has 4 fully saturated rings. The Kier molecular flexibility index (Phi) is 13.2. The molecule has 0 unspecified atom stereocenters. The number of benzene rings is 6. The smallest absolute Gasteiger partial charge is 0.190 e. The molecule has 4 saturated heterocycles. The van der Waals surface area contributed by atoms with Gasteiger partial charge in [0, 0.05) is 7.11 Å². The van der Waals surface area contributed by atoms with Gasteiger partial charge in [-0.15, -0.1) is 0 Å². The van der Waals surface area contributed by atoms with Crippen molar-refractivity contribution in [1.82, 2.24) is 0 Å². The van der Waals surface area contributed by atoms with E-state index in [0.29, 0.717) is 0 Å². The number of rotatable bonds is 13. The summed E-state index contributed by atoms with van der Waals surface area (Å²) in [4.78, 5) is 0. The molecule has 4 aliphatic heterocycles. The Morgan fingerprint density at radius 3 is 1.01 bits per heavy atom. The fourth-order valence-electron chi connectivity index (χ4n) is 10.0. The predicted octanol–water partition coefficient (Wildman–Crippen LogP) is 9.90. The summed E-state index contributed by atoms with van der Waals surface area (Å²) in [7, 11) is 1.69. The molecule has 6 aromatic carbocycles. The van der Waals surface area contributed by atoms with Gasteiger partial charge in [0.15, 0.2) is 24.2 Å². The van der Waals surface area contributed by atoms with Crippen LogP contribution in [0.1, 0.15) is 74.9 Å². The summed E-state index contributed by atoms with van der Waals surface area (Å²) in [5.41, 5.74) is 2.39. The highest BCUT2D eigenvalue weighted by Gasteiger charge is 2.63. The zero-order chi connectivity index (χ0) is 46.9. The van der Waals surface area contributed by atoms with Crippen molar-refractivity contribution in [2.45, 2.75) is 113 Å². The van der Waals surface area contributed by atoms with E-state index in [1.807, 2.05) is 144 Å². The van der Waals surface area contributed by atoms with Crippen molar-refractivity contribution < 1.29 is 47.7 Å². The lowest BCUT2D eigenvalue weighted by molar-refractivity contribution is -0.239. The molecule has 0 saturated carbocycles. The first-order valence-corrected chi connectivity index (χ1v) is 23.1. The van der Waals surface area contributed by atoms with Crippen LogP contribution in [-0.4, -0.2) is 85.2 Å². The molecule has 8 atom stereocenters. The number of hydrogen-bond donors (Lipinski definition) is 1. The van der Waals surface area contributed by atoms with Crippen LogP contribution in [0.15, 0.2) is 182 Å². The van der Waals surface area contributed by atoms with E-state index in [4.69, 9.17) is 42.6 Å². The third kappa shape index (κ3) is 8.93. The monoisotopic (exact) mass is 906 g/mol. The summed E-state index contributed by atoms with van der Waals surface area (Å²) in [6.45, 7) is 11.6. The van der Waals surface area contributed by atoms with E-state index < -0.39 is 58.8 Å². The molecule has 10 nitrogen and oxygen atoms in total. The number of methoxy groups -OCH3 is 1. The molecule has 350 valence electrons. The fraction of sp³-hybridized carbons (Fsp3) is 0.368. The third-order valence-corrected chi connectivity index (χ3v) is 13.6. The molecule has 67 heavy (non-hydrogen) atoms. The van der Waals surface area contributed by atoms with Crippen LogP contribution in [0.3, 0.4) is 0 Å². The van der Waals surface area contributed by atoms with Crippen LogP contribution >= 0.6 is 0 Å². The maximum absolute atomic E-state index is 11.4. The highest BCUT2D eigenvalue weighted by Crippen LogP contribution is 2.48. The Hall–Kier alpha value is -5.08. The maximum atomic E-state index is 11.4. The largest absolute Gasteiger partial charge is 0.384 e. The second-order valence-electron chi connectivity index (χ2n) is 18.9. The van der Waals surface area contributed by atoms with Gasteiger partial charge in [0.25, 0.3) is 0 Å². The Morgan fingerprint density at radius 2 is 0.701 bits per heavy atom. The van der Waals surface area contributed by atoms with E-state index in [2.05, 4.69) is 72.8 Å². The molecule has 1 N–H and O–H groups in total. The van der Waals surface area contributed by atoms with Gasteiger partial charge in [-0.25, -0.2) is 0 Å². The van der Waals surface area contributed by atoms with Gasteiger partial charge in [-0.1, -0.05) is 182 Å². The van der Waals surface area contributed by atoms with Gasteiger partial charge in [0.1, 0.15) is 46.8 Å². The van der Waals surface area contributed by atoms with Crippen molar-refractivity contribution in [3.05, 3.63) is 215 Å². The van der Waals surface area contributed by atoms with Gasteiger partial charge in [0.05, 0.1) is 13.2 Å². The van der Waals surface area contributed by atoms with E-state index in [-0.39, 0.29) is 25.4 Å². The standard InChI is InChI=1S/C29H32O5.C28H30O5/c1-27(2)33-25-26(34-27)32-24(28(25,3)30-4)20-31-29(21-14-8-5-9-15-21,22-16-10-6-11-17-22)23-18-12-7-13-19-23;1-26(2)32-24-25(33-26)31-23(27(24,3)29)19-30-28(20-13-7-4-8-14-20,21-15-9-5-10-16-21)22-17-11-6-12-18-22/h5-19,24-26H,20H2,1-4H3;4-18,23-25,29H,19H2,1-3H3/t24-,25+,26-,28-;23-,24+,25-,27-/m11/s1. The van der Waals surface area contributed by atoms with Crippen molar-refractivity contribution in [2.75, 3.05) is 20.3 Å². The average molecular weight is 907 g/mol. The summed E-state index contributed by atoms with van der Waals surface area (Å²) >= 11 is 0. The molecule has 10 rings (SSSR count). The third-order valence-electron chi connectivity index (χ3n) is 13.6. The molecular formula is C57H62O10. The highest BCUT2D eigenvalue weighted by atomic mass is 16.9. The number of fused-ring (bicyclic) bond motifs is 2. The van der Waals surface area contributed by atoms with Gasteiger partial charge in [-0.05, 0) is 74.9 Å². The summed E-state index contributed by atoms with van der Waals surface area (Å²) in [6, 6.07) is 61.4. The molecular weight excluding hydrogens is 845 g/mol. The first-order valence-electron chi connectivity index (χ1n) is 23.1. The second-order valence-corrected chi connectivity index (χ2v) is 18.9. The average Bonchev–Trinajstić information content (AvgIpc) is 4.00. The molecule has 0 spiro atoms. The van der Waals surface area contributed by atoms with Crippen molar-refractivity contribution >= 4 is 0 Å². The number of ether oxygens (including phenoxy) is 9. The topological polar surface area (TPSA) is 103 Å². The molecule has 0 aromatic heterocycles. The minimum atomic E-state index is -1.27. The zero-order valence-corrected chi connectivity index (χ0v) is 39.3. The lowest BCUT2D eigenvalue weighted by atomic mass is 9.80. The molecule has 0 radical (unpaired) electrons. The van der Waals surface area contributed by atoms with E-state index >= 15 is 0 Å². The fourth-order valence-corrected chi connectivity index (χ4v) is 10.0. The molecule has 0 bridgehead atoms. The molecule has 0 amide bonds. The number of aliphatic hydroxyl groups is 1. The zero-order valence-electron chi connectivity index (χ0n) is 39.3. The maximum Gasteiger partial charge on any atom is 0.190 e. The first-order chi connectivity index (χ1) is 32.2. The minimum Gasteiger partial charge on any atom is -0.384 e. The Balaban J connectivity index is 0.000000168. The summed E-state index contributed by atoms with van der Waals surface area (Å²) in [5, 5.41) is 11.4. The summed E-state index contributed by atoms with van der Waals surface area (Å²) in [6.07, 6.45) is -3.09.